The van der Waals surface area contributed by atoms with E-state index >= 15 is 0 Å². The zero-order valence-electron chi connectivity index (χ0n) is 27.9. The van der Waals surface area contributed by atoms with Crippen LogP contribution in [0.3, 0.4) is 0 Å². The van der Waals surface area contributed by atoms with Crippen molar-refractivity contribution in [2.75, 3.05) is 13.2 Å². The highest BCUT2D eigenvalue weighted by molar-refractivity contribution is 5.84. The van der Waals surface area contributed by atoms with Crippen molar-refractivity contribution in [1.29, 1.82) is 0 Å². The number of halogens is 3. The van der Waals surface area contributed by atoms with Gasteiger partial charge in [-0.05, 0) is 29.5 Å². The van der Waals surface area contributed by atoms with Gasteiger partial charge in [-0.25, -0.2) is 4.99 Å². The smallest absolute Gasteiger partial charge is 0.463 e. The first kappa shape index (κ1) is 37.3. The summed E-state index contributed by atoms with van der Waals surface area (Å²) in [5.74, 6) is -4.00. The number of rotatable bonds is 11. The number of carbonyl (C=O) groups excluding carboxylic acids is 2. The minimum absolute atomic E-state index is 0.0406. The molecule has 0 saturated carbocycles. The van der Waals surface area contributed by atoms with Crippen LogP contribution in [0.4, 0.5) is 18.9 Å². The summed E-state index contributed by atoms with van der Waals surface area (Å²) < 4.78 is 84.0. The van der Waals surface area contributed by atoms with Gasteiger partial charge in [0.1, 0.15) is 12.7 Å². The lowest BCUT2D eigenvalue weighted by atomic mass is 9.82. The Labute approximate surface area is 278 Å². The Morgan fingerprint density at radius 2 is 1.33 bits per heavy atom. The van der Waals surface area contributed by atoms with E-state index in [1.165, 1.54) is 26.0 Å². The number of benzene rings is 2. The highest BCUT2D eigenvalue weighted by Gasteiger charge is 2.51. The van der Waals surface area contributed by atoms with Gasteiger partial charge in [0.25, 0.3) is 5.90 Å². The summed E-state index contributed by atoms with van der Waals surface area (Å²) in [6.07, 6.45) is -10.5. The molecule has 10 atom stereocenters. The van der Waals surface area contributed by atoms with Gasteiger partial charge in [-0.2, -0.15) is 13.2 Å². The number of hydrogen-bond acceptors (Lipinski definition) is 10. The normalized spacial score (nSPS) is 31.1. The van der Waals surface area contributed by atoms with Gasteiger partial charge in [0, 0.05) is 25.7 Å². The summed E-state index contributed by atoms with van der Waals surface area (Å²) in [6.45, 7) is 9.97. The van der Waals surface area contributed by atoms with Crippen molar-refractivity contribution >= 4 is 23.5 Å². The third-order valence-corrected chi connectivity index (χ3v) is 8.86. The first-order chi connectivity index (χ1) is 22.7. The summed E-state index contributed by atoms with van der Waals surface area (Å²) in [5, 5.41) is 0. The van der Waals surface area contributed by atoms with Crippen molar-refractivity contribution < 1.29 is 55.9 Å². The fraction of sp³-hybridized carbons (Fsp3) is 0.571. The highest BCUT2D eigenvalue weighted by Crippen LogP contribution is 2.40. The molecule has 2 aliphatic rings. The number of alkyl halides is 3. The third-order valence-electron chi connectivity index (χ3n) is 8.86. The van der Waals surface area contributed by atoms with E-state index in [1.807, 2.05) is 51.1 Å². The first-order valence-electron chi connectivity index (χ1n) is 16.0. The molecule has 0 N–H and O–H groups in total. The van der Waals surface area contributed by atoms with E-state index < -0.39 is 72.8 Å². The molecule has 48 heavy (non-hydrogen) atoms. The molecule has 2 aliphatic heterocycles. The second-order valence-corrected chi connectivity index (χ2v) is 12.4. The molecule has 2 fully saturated rings. The predicted molar refractivity (Wildman–Crippen MR) is 168 cm³/mol. The molecule has 2 aromatic carbocycles. The van der Waals surface area contributed by atoms with Crippen molar-refractivity contribution in [3.63, 3.8) is 0 Å². The summed E-state index contributed by atoms with van der Waals surface area (Å²) >= 11 is 0. The van der Waals surface area contributed by atoms with Crippen LogP contribution in [-0.2, 0) is 49.4 Å². The van der Waals surface area contributed by atoms with Crippen LogP contribution in [0.5, 0.6) is 0 Å². The van der Waals surface area contributed by atoms with E-state index in [0.717, 1.165) is 5.56 Å². The van der Waals surface area contributed by atoms with Gasteiger partial charge in [-0.1, -0.05) is 76.2 Å². The molecule has 5 unspecified atom stereocenters. The van der Waals surface area contributed by atoms with Crippen molar-refractivity contribution in [3.8, 4) is 0 Å². The first-order valence-corrected chi connectivity index (χ1v) is 16.0. The Hall–Kier alpha value is -3.52. The minimum atomic E-state index is -4.90. The number of esters is 2. The third kappa shape index (κ3) is 10.0. The fourth-order valence-corrected chi connectivity index (χ4v) is 5.76. The monoisotopic (exact) mass is 679 g/mol. The quantitative estimate of drug-likeness (QED) is 0.152. The average Bonchev–Trinajstić information content (AvgIpc) is 3.04. The number of carbonyl (C=O) groups is 2. The number of aliphatic imine (C=N–C) groups is 1. The van der Waals surface area contributed by atoms with E-state index in [2.05, 4.69) is 4.99 Å². The van der Waals surface area contributed by atoms with Gasteiger partial charge in [0.2, 0.25) is 6.29 Å². The standard InChI is InChI=1S/C35H44F3NO9/c1-20-21(2)31(44-25(6)41)33(45-28(20)19-43-24(5)40)47-30-22(3)23(4)32(46-29(30)18-42-17-26-13-9-7-10-14-26)48-34(35(36,37)38)39-27-15-11-8-12-16-27/h7-16,20-23,28-33H,17-19H2,1-6H3/t20-,21+,22-,23?,28?,29?,30+,31?,32?,33+/m1/s1. The second kappa shape index (κ2) is 16.7. The van der Waals surface area contributed by atoms with Crippen LogP contribution >= 0.6 is 0 Å². The highest BCUT2D eigenvalue weighted by atomic mass is 19.4. The number of para-hydroxylation sites is 1. The topological polar surface area (TPSA) is 111 Å². The van der Waals surface area contributed by atoms with Crippen LogP contribution in [0.25, 0.3) is 0 Å². The Morgan fingerprint density at radius 1 is 0.729 bits per heavy atom. The van der Waals surface area contributed by atoms with E-state index in [1.54, 1.807) is 25.1 Å². The lowest BCUT2D eigenvalue weighted by molar-refractivity contribution is -0.333. The molecule has 0 aromatic heterocycles. The van der Waals surface area contributed by atoms with Crippen LogP contribution < -0.4 is 0 Å². The summed E-state index contributed by atoms with van der Waals surface area (Å²) in [7, 11) is 0. The van der Waals surface area contributed by atoms with Gasteiger partial charge in [-0.3, -0.25) is 9.59 Å². The van der Waals surface area contributed by atoms with Gasteiger partial charge < -0.3 is 33.2 Å². The van der Waals surface area contributed by atoms with E-state index in [0.29, 0.717) is 0 Å². The molecule has 2 aromatic rings. The molecule has 10 nitrogen and oxygen atoms in total. The van der Waals surface area contributed by atoms with E-state index in [9.17, 15) is 22.8 Å². The number of nitrogens with zero attached hydrogens (tertiary/aromatic N) is 1. The lowest BCUT2D eigenvalue weighted by Gasteiger charge is -2.48. The molecule has 0 aliphatic carbocycles. The average molecular weight is 680 g/mol. The Kier molecular flexibility index (Phi) is 13.0. The van der Waals surface area contributed by atoms with Crippen LogP contribution in [0.1, 0.15) is 47.1 Å². The maximum Gasteiger partial charge on any atom is 0.468 e. The predicted octanol–water partition coefficient (Wildman–Crippen LogP) is 6.39. The molecule has 0 spiro atoms. The van der Waals surface area contributed by atoms with E-state index in [4.69, 9.17) is 33.2 Å². The Bertz CT molecular complexity index is 1360. The molecule has 4 rings (SSSR count). The van der Waals surface area contributed by atoms with Crippen LogP contribution in [0.2, 0.25) is 0 Å². The Morgan fingerprint density at radius 3 is 1.94 bits per heavy atom. The molecule has 264 valence electrons. The molecule has 2 heterocycles. The van der Waals surface area contributed by atoms with Crippen LogP contribution in [-0.4, -0.2) is 74.2 Å². The van der Waals surface area contributed by atoms with E-state index in [-0.39, 0.29) is 37.3 Å². The molecule has 2 saturated heterocycles. The summed E-state index contributed by atoms with van der Waals surface area (Å²) in [5.41, 5.74) is 0.957. The largest absolute Gasteiger partial charge is 0.468 e. The Balaban J connectivity index is 1.61. The molecule has 13 heteroatoms. The zero-order chi connectivity index (χ0) is 35.0. The maximum atomic E-state index is 14.2. The molecule has 0 bridgehead atoms. The van der Waals surface area contributed by atoms with Crippen molar-refractivity contribution in [2.24, 2.45) is 28.7 Å². The zero-order valence-corrected chi connectivity index (χ0v) is 27.9. The minimum Gasteiger partial charge on any atom is -0.463 e. The molecular formula is C35H44F3NO9. The summed E-state index contributed by atoms with van der Waals surface area (Å²) in [6, 6.07) is 17.1. The van der Waals surface area contributed by atoms with Gasteiger partial charge in [0.05, 0.1) is 31.1 Å². The van der Waals surface area contributed by atoms with Crippen molar-refractivity contribution in [2.45, 2.75) is 91.3 Å². The fourth-order valence-electron chi connectivity index (χ4n) is 5.76. The van der Waals surface area contributed by atoms with Crippen molar-refractivity contribution in [3.05, 3.63) is 66.2 Å². The van der Waals surface area contributed by atoms with Crippen LogP contribution in [0.15, 0.2) is 65.7 Å². The van der Waals surface area contributed by atoms with Gasteiger partial charge in [0.15, 0.2) is 12.4 Å². The second-order valence-electron chi connectivity index (χ2n) is 12.4. The molecule has 0 amide bonds. The van der Waals surface area contributed by atoms with Crippen molar-refractivity contribution in [1.82, 2.24) is 0 Å². The number of ether oxygens (including phenoxy) is 7. The van der Waals surface area contributed by atoms with Gasteiger partial charge >= 0.3 is 18.1 Å². The molecule has 0 radical (unpaired) electrons. The molecular weight excluding hydrogens is 635 g/mol. The SMILES string of the molecule is CC(=O)OCC1O[C@@H](O[C@@H]2C(COCc3ccccc3)OC(OC(=Nc3ccccc3)C(F)(F)F)C(C)[C@H]2C)C(OC(C)=O)[C@@H](C)[C@H]1C. The van der Waals surface area contributed by atoms with Crippen LogP contribution in [0, 0.1) is 23.7 Å². The maximum absolute atomic E-state index is 14.2. The lowest BCUT2D eigenvalue weighted by Crippen LogP contribution is -2.59. The summed E-state index contributed by atoms with van der Waals surface area (Å²) in [4.78, 5) is 27.5. The number of hydrogen-bond donors (Lipinski definition) is 0. The van der Waals surface area contributed by atoms with Gasteiger partial charge in [-0.15, -0.1) is 0 Å².